The molecule has 2 aliphatic carbocycles. The van der Waals surface area contributed by atoms with Crippen molar-refractivity contribution in [3.63, 3.8) is 0 Å². The van der Waals surface area contributed by atoms with E-state index in [1.54, 1.807) is 7.11 Å². The van der Waals surface area contributed by atoms with E-state index < -0.39 is 13.5 Å². The summed E-state index contributed by atoms with van der Waals surface area (Å²) in [4.78, 5) is 28.0. The molecule has 0 amide bonds. The molecule has 3 nitrogen and oxygen atoms in total. The Bertz CT molecular complexity index is 783. The number of Topliss-reactive ketones (excluding diaryl/α,β-unsaturated/α-hetero) is 2. The highest BCUT2D eigenvalue weighted by Gasteiger charge is 2.65. The average molecular weight is 417 g/mol. The molecule has 4 heteroatoms. The maximum absolute atomic E-state index is 14.0. The summed E-state index contributed by atoms with van der Waals surface area (Å²) >= 11 is 0. The fourth-order valence-electron chi connectivity index (χ4n) is 5.14. The minimum atomic E-state index is -2.00. The van der Waals surface area contributed by atoms with Gasteiger partial charge in [0.25, 0.3) is 0 Å². The second-order valence-corrected chi connectivity index (χ2v) is 16.1. The molecule has 1 saturated carbocycles. The maximum atomic E-state index is 14.0. The van der Waals surface area contributed by atoms with Crippen molar-refractivity contribution in [3.8, 4) is 0 Å². The van der Waals surface area contributed by atoms with Gasteiger partial charge in [-0.3, -0.25) is 9.59 Å². The van der Waals surface area contributed by atoms with Gasteiger partial charge in [0, 0.05) is 5.20 Å². The summed E-state index contributed by atoms with van der Waals surface area (Å²) in [7, 11) is -0.369. The molecule has 2 aliphatic rings. The molecule has 0 aromatic heterocycles. The summed E-state index contributed by atoms with van der Waals surface area (Å²) in [6, 6.07) is 0. The fourth-order valence-corrected chi connectivity index (χ4v) is 7.05. The first-order valence-corrected chi connectivity index (χ1v) is 14.3. The van der Waals surface area contributed by atoms with Crippen LogP contribution in [0.3, 0.4) is 0 Å². The van der Waals surface area contributed by atoms with Gasteiger partial charge in [0.05, 0.1) is 26.5 Å². The van der Waals surface area contributed by atoms with Crippen molar-refractivity contribution < 1.29 is 14.3 Å². The first kappa shape index (κ1) is 23.9. The normalized spacial score (nSPS) is 28.9. The van der Waals surface area contributed by atoms with Crippen molar-refractivity contribution >= 4 is 19.6 Å². The molecule has 2 rings (SSSR count). The molecule has 0 saturated heterocycles. The Hall–Kier alpha value is -1.42. The van der Waals surface area contributed by atoms with Gasteiger partial charge in [-0.15, -0.1) is 0 Å². The molecule has 2 unspecified atom stereocenters. The molecule has 0 spiro atoms. The molecule has 0 radical (unpaired) electrons. The van der Waals surface area contributed by atoms with Crippen LogP contribution in [-0.2, 0) is 14.3 Å². The van der Waals surface area contributed by atoms with E-state index in [0.29, 0.717) is 18.6 Å². The van der Waals surface area contributed by atoms with Gasteiger partial charge < -0.3 is 4.74 Å². The fraction of sp³-hybridized carbons (Fsp3) is 0.680. The minimum Gasteiger partial charge on any atom is -0.500 e. The quantitative estimate of drug-likeness (QED) is 0.291. The predicted octanol–water partition coefficient (Wildman–Crippen LogP) is 6.28. The highest BCUT2D eigenvalue weighted by molar-refractivity contribution is 6.87. The third kappa shape index (κ3) is 4.10. The summed E-state index contributed by atoms with van der Waals surface area (Å²) in [5.74, 6) is 0.700. The Morgan fingerprint density at radius 3 is 2.07 bits per heavy atom. The monoisotopic (exact) mass is 416 g/mol. The predicted molar refractivity (Wildman–Crippen MR) is 123 cm³/mol. The number of hydrogen-bond donors (Lipinski definition) is 0. The number of carbonyl (C=O) groups is 2. The minimum absolute atomic E-state index is 0.0463. The van der Waals surface area contributed by atoms with Gasteiger partial charge in [0.15, 0.2) is 11.6 Å². The lowest BCUT2D eigenvalue weighted by atomic mass is 9.48. The van der Waals surface area contributed by atoms with Crippen LogP contribution in [0.15, 0.2) is 34.3 Å². The van der Waals surface area contributed by atoms with Crippen LogP contribution >= 0.6 is 0 Å². The molecular formula is C25H40O3Si. The number of hydrogen-bond acceptors (Lipinski definition) is 3. The van der Waals surface area contributed by atoms with Gasteiger partial charge in [-0.05, 0) is 58.3 Å². The molecule has 2 bridgehead atoms. The van der Waals surface area contributed by atoms with Crippen LogP contribution in [0.5, 0.6) is 0 Å². The number of ether oxygens (including phenoxy) is 1. The van der Waals surface area contributed by atoms with Gasteiger partial charge in [-0.1, -0.05) is 56.8 Å². The average Bonchev–Trinajstić information content (AvgIpc) is 2.56. The Morgan fingerprint density at radius 1 is 1.07 bits per heavy atom. The summed E-state index contributed by atoms with van der Waals surface area (Å²) in [6.45, 7) is 19.2. The third-order valence-corrected chi connectivity index (χ3v) is 8.91. The van der Waals surface area contributed by atoms with E-state index in [0.717, 1.165) is 17.2 Å². The molecule has 1 fully saturated rings. The van der Waals surface area contributed by atoms with E-state index in [4.69, 9.17) is 4.74 Å². The number of methoxy groups -OCH3 is 1. The number of fused-ring (bicyclic) bond motifs is 2. The van der Waals surface area contributed by atoms with E-state index >= 15 is 0 Å². The van der Waals surface area contributed by atoms with Gasteiger partial charge in [-0.25, -0.2) is 0 Å². The second-order valence-electron chi connectivity index (χ2n) is 11.1. The van der Waals surface area contributed by atoms with Crippen LogP contribution < -0.4 is 0 Å². The Kier molecular flexibility index (Phi) is 6.59. The van der Waals surface area contributed by atoms with Crippen molar-refractivity contribution in [1.82, 2.24) is 0 Å². The van der Waals surface area contributed by atoms with Crippen molar-refractivity contribution in [1.29, 1.82) is 0 Å². The molecule has 0 heterocycles. The van der Waals surface area contributed by atoms with Crippen molar-refractivity contribution in [2.24, 2.45) is 22.7 Å². The number of ketones is 2. The van der Waals surface area contributed by atoms with Crippen LogP contribution in [0.1, 0.15) is 60.8 Å². The van der Waals surface area contributed by atoms with Crippen molar-refractivity contribution in [2.75, 3.05) is 7.11 Å². The largest absolute Gasteiger partial charge is 0.500 e. The molecule has 0 aromatic rings. The number of carbonyl (C=O) groups excluding carboxylic acids is 2. The standard InChI is InChI=1S/C25H40O3Si/c1-16(2)11-12-18-15-25(14-13-17(3)4)22(26)19(24(18,5)6)20(28-7)21(23(25)27)29(8,9)10/h11,13,18-19H,12,14-15H2,1-10H3/t18?,19-,25?/m1/s1. The van der Waals surface area contributed by atoms with E-state index in [-0.39, 0.29) is 28.8 Å². The smallest absolute Gasteiger partial charge is 0.172 e. The molecule has 29 heavy (non-hydrogen) atoms. The maximum Gasteiger partial charge on any atom is 0.172 e. The van der Waals surface area contributed by atoms with Gasteiger partial charge in [0.2, 0.25) is 0 Å². The van der Waals surface area contributed by atoms with E-state index in [9.17, 15) is 9.59 Å². The first-order chi connectivity index (χ1) is 13.2. The highest BCUT2D eigenvalue weighted by atomic mass is 28.3. The Labute approximate surface area is 178 Å². The van der Waals surface area contributed by atoms with E-state index in [1.807, 2.05) is 13.8 Å². The molecule has 0 aliphatic heterocycles. The van der Waals surface area contributed by atoms with E-state index in [1.165, 1.54) is 5.57 Å². The summed E-state index contributed by atoms with van der Waals surface area (Å²) in [6.07, 6.45) is 6.38. The van der Waals surface area contributed by atoms with Crippen LogP contribution in [0, 0.1) is 22.7 Å². The lowest BCUT2D eigenvalue weighted by Gasteiger charge is -2.55. The molecule has 0 aromatic carbocycles. The van der Waals surface area contributed by atoms with Crippen molar-refractivity contribution in [2.45, 2.75) is 80.4 Å². The number of allylic oxidation sites excluding steroid dienone is 6. The Balaban J connectivity index is 2.80. The summed E-state index contributed by atoms with van der Waals surface area (Å²) in [5, 5.41) is 0.848. The topological polar surface area (TPSA) is 43.4 Å². The van der Waals surface area contributed by atoms with Gasteiger partial charge in [-0.2, -0.15) is 0 Å². The highest BCUT2D eigenvalue weighted by Crippen LogP contribution is 2.60. The lowest BCUT2D eigenvalue weighted by molar-refractivity contribution is -0.156. The zero-order chi connectivity index (χ0) is 22.4. The van der Waals surface area contributed by atoms with Gasteiger partial charge in [0.1, 0.15) is 5.76 Å². The summed E-state index contributed by atoms with van der Waals surface area (Å²) in [5.41, 5.74) is 1.24. The summed E-state index contributed by atoms with van der Waals surface area (Å²) < 4.78 is 5.88. The second kappa shape index (κ2) is 8.01. The van der Waals surface area contributed by atoms with Crippen LogP contribution in [0.2, 0.25) is 19.6 Å². The van der Waals surface area contributed by atoms with Crippen LogP contribution in [-0.4, -0.2) is 26.8 Å². The third-order valence-electron chi connectivity index (χ3n) is 6.93. The number of rotatable bonds is 6. The van der Waals surface area contributed by atoms with E-state index in [2.05, 4.69) is 59.5 Å². The molecular weight excluding hydrogens is 376 g/mol. The molecule has 3 atom stereocenters. The first-order valence-electron chi connectivity index (χ1n) is 10.8. The van der Waals surface area contributed by atoms with Crippen LogP contribution in [0.25, 0.3) is 0 Å². The van der Waals surface area contributed by atoms with Crippen LogP contribution in [0.4, 0.5) is 0 Å². The zero-order valence-corrected chi connectivity index (χ0v) is 21.2. The van der Waals surface area contributed by atoms with Crippen molar-refractivity contribution in [3.05, 3.63) is 34.3 Å². The Morgan fingerprint density at radius 2 is 1.62 bits per heavy atom. The SMILES string of the molecule is COC1=C([Si](C)(C)C)C(=O)C2(CC=C(C)C)CC(CC=C(C)C)C(C)(C)[C@H]1C2=O. The zero-order valence-electron chi connectivity index (χ0n) is 20.2. The lowest BCUT2D eigenvalue weighted by Crippen LogP contribution is -2.61. The molecule has 0 N–H and O–H groups in total. The molecule has 162 valence electrons. The van der Waals surface area contributed by atoms with Gasteiger partial charge >= 0.3 is 0 Å².